The number of nitro benzene ring substituents is 3. The molecule has 0 saturated carbocycles. The minimum Gasteiger partial charge on any atom is -0.399 e. The van der Waals surface area contributed by atoms with Crippen molar-refractivity contribution in [2.45, 2.75) is 0 Å². The summed E-state index contributed by atoms with van der Waals surface area (Å²) in [6.45, 7) is 0. The highest BCUT2D eigenvalue weighted by atomic mass is 16.6. The average molecular weight is 917 g/mol. The average Bonchev–Trinajstić information content (AvgIpc) is 3.35. The summed E-state index contributed by atoms with van der Waals surface area (Å²) < 4.78 is 2.86. The van der Waals surface area contributed by atoms with Crippen molar-refractivity contribution >= 4 is 175 Å². The van der Waals surface area contributed by atoms with Gasteiger partial charge in [-0.15, -0.1) is 0 Å². The molecule has 0 saturated heterocycles. The van der Waals surface area contributed by atoms with E-state index < -0.39 is 37.4 Å². The molecular formula is C52H24N10O8. The van der Waals surface area contributed by atoms with Gasteiger partial charge in [-0.05, 0) is 86.9 Å². The Morgan fingerprint density at radius 2 is 0.829 bits per heavy atom. The number of fused-ring (bicyclic) bond motifs is 12. The predicted molar refractivity (Wildman–Crippen MR) is 273 cm³/mol. The van der Waals surface area contributed by atoms with Gasteiger partial charge in [0.1, 0.15) is 11.3 Å². The molecule has 0 unspecified atom stereocenters. The van der Waals surface area contributed by atoms with Crippen LogP contribution in [-0.4, -0.2) is 33.5 Å². The van der Waals surface area contributed by atoms with E-state index in [2.05, 4.69) is 0 Å². The molecule has 11 aromatic carbocycles. The molecule has 0 aliphatic rings. The predicted octanol–water partition coefficient (Wildman–Crippen LogP) is 10.3. The largest absolute Gasteiger partial charge is 0.399 e. The monoisotopic (exact) mass is 916 g/mol. The first kappa shape index (κ1) is 37.8. The van der Waals surface area contributed by atoms with Crippen LogP contribution in [0.4, 0.5) is 34.1 Å². The normalized spacial score (nSPS) is 12.6. The molecule has 0 bridgehead atoms. The fourth-order valence-electron chi connectivity index (χ4n) is 11.8. The SMILES string of the molecule is Nc1ccc2c(c1)c(N)c1cc(N)cc3c1c2nc1c2ccc4c5ccc6c(=O)n7c8cc([N+](=O)[O-])cc9c([N+](=O)[O-])c%10cc([N+](=O)[O-])ccc%10c(nc7c7ccc(c%10ccc(c(=O)n31)c2c4%10)c5c67)c98. The number of nitrogens with two attached hydrogens (primary N) is 3. The van der Waals surface area contributed by atoms with E-state index in [0.29, 0.717) is 76.8 Å². The van der Waals surface area contributed by atoms with Crippen LogP contribution >= 0.6 is 0 Å². The standard InChI is InChI=1S/C52H24N10O8/c53-19-1-3-27-33(13-19)45(55)35-14-20(54)15-37-43(35)46(27)56-49-29-9-5-23-26-8-12-32-42-30(10-6-24(40(26)42)25-7-11-31(41(29)39(23)25)51(63)58(37)49)50-57-47-28-4-2-21(60(65)66)16-34(28)48(62(69)70)36-17-22(61(67)68)18-38(44(36)47)59(50)52(32)64/h1-18H,53-55H2. The third-order valence-electron chi connectivity index (χ3n) is 14.6. The van der Waals surface area contributed by atoms with Crippen LogP contribution < -0.4 is 28.3 Å². The minimum absolute atomic E-state index is 0.00714. The van der Waals surface area contributed by atoms with Crippen molar-refractivity contribution in [2.24, 2.45) is 0 Å². The Morgan fingerprint density at radius 1 is 0.386 bits per heavy atom. The number of hydrogen-bond donors (Lipinski definition) is 3. The molecule has 0 radical (unpaired) electrons. The van der Waals surface area contributed by atoms with Crippen molar-refractivity contribution in [3.63, 3.8) is 0 Å². The highest BCUT2D eigenvalue weighted by molar-refractivity contribution is 6.41. The Labute approximate surface area is 385 Å². The van der Waals surface area contributed by atoms with Gasteiger partial charge in [0.15, 0.2) is 0 Å². The fraction of sp³-hybridized carbons (Fsp3) is 0. The number of nitrogen functional groups attached to an aromatic ring is 3. The molecule has 0 fully saturated rings. The van der Waals surface area contributed by atoms with Crippen LogP contribution in [0.15, 0.2) is 119 Å². The molecule has 70 heavy (non-hydrogen) atoms. The first-order chi connectivity index (χ1) is 33.8. The number of anilines is 3. The third kappa shape index (κ3) is 4.29. The number of nitro groups is 3. The Morgan fingerprint density at radius 3 is 1.39 bits per heavy atom. The molecule has 0 spiro atoms. The maximum atomic E-state index is 15.1. The van der Waals surface area contributed by atoms with Crippen LogP contribution in [-0.2, 0) is 0 Å². The van der Waals surface area contributed by atoms with Crippen molar-refractivity contribution < 1.29 is 14.8 Å². The smallest absolute Gasteiger partial charge is 0.285 e. The summed E-state index contributed by atoms with van der Waals surface area (Å²) in [5.41, 5.74) is 20.5. The van der Waals surface area contributed by atoms with Crippen LogP contribution in [0.2, 0.25) is 0 Å². The van der Waals surface area contributed by atoms with Crippen molar-refractivity contribution in [1.29, 1.82) is 0 Å². The van der Waals surface area contributed by atoms with E-state index in [1.807, 2.05) is 42.5 Å². The van der Waals surface area contributed by atoms with Crippen LogP contribution in [0.3, 0.4) is 0 Å². The number of hydrogen-bond acceptors (Lipinski definition) is 13. The maximum absolute atomic E-state index is 15.1. The van der Waals surface area contributed by atoms with Crippen molar-refractivity contribution in [2.75, 3.05) is 17.2 Å². The first-order valence-electron chi connectivity index (χ1n) is 21.7. The zero-order chi connectivity index (χ0) is 47.7. The number of aromatic nitrogens is 4. The zero-order valence-electron chi connectivity index (χ0n) is 35.5. The highest BCUT2D eigenvalue weighted by Gasteiger charge is 2.30. The van der Waals surface area contributed by atoms with Crippen molar-refractivity contribution in [3.05, 3.63) is 160 Å². The quantitative estimate of drug-likeness (QED) is 0.0489. The minimum atomic E-state index is -0.736. The van der Waals surface area contributed by atoms with Gasteiger partial charge in [0.05, 0.1) is 47.6 Å². The molecule has 0 aliphatic carbocycles. The molecule has 18 nitrogen and oxygen atoms in total. The Hall–Kier alpha value is -10.4. The maximum Gasteiger partial charge on any atom is 0.285 e. The fourth-order valence-corrected chi connectivity index (χ4v) is 11.8. The summed E-state index contributed by atoms with van der Waals surface area (Å²) in [4.78, 5) is 75.6. The lowest BCUT2D eigenvalue weighted by Gasteiger charge is -2.21. The molecule has 6 N–H and O–H groups in total. The second kappa shape index (κ2) is 12.1. The number of benzene rings is 11. The van der Waals surface area contributed by atoms with Gasteiger partial charge in [0, 0.05) is 106 Å². The van der Waals surface area contributed by atoms with Gasteiger partial charge < -0.3 is 17.2 Å². The number of non-ortho nitro benzene ring substituents is 3. The second-order valence-corrected chi connectivity index (χ2v) is 17.9. The van der Waals surface area contributed by atoms with E-state index >= 15 is 9.59 Å². The summed E-state index contributed by atoms with van der Waals surface area (Å²) in [6.07, 6.45) is 0. The van der Waals surface area contributed by atoms with Gasteiger partial charge >= 0.3 is 0 Å². The molecular weight excluding hydrogens is 893 g/mol. The summed E-state index contributed by atoms with van der Waals surface area (Å²) in [7, 11) is 0. The Balaban J connectivity index is 1.10. The molecule has 15 aromatic rings. The van der Waals surface area contributed by atoms with Crippen LogP contribution in [0, 0.1) is 30.3 Å². The zero-order valence-corrected chi connectivity index (χ0v) is 35.5. The van der Waals surface area contributed by atoms with Crippen molar-refractivity contribution in [3.8, 4) is 0 Å². The highest BCUT2D eigenvalue weighted by Crippen LogP contribution is 2.49. The van der Waals surface area contributed by atoms with E-state index in [4.69, 9.17) is 27.2 Å². The number of nitrogens with zero attached hydrogens (tertiary/aromatic N) is 7. The van der Waals surface area contributed by atoms with Gasteiger partial charge in [-0.2, -0.15) is 0 Å². The lowest BCUT2D eigenvalue weighted by Crippen LogP contribution is -2.17. The lowest BCUT2D eigenvalue weighted by molar-refractivity contribution is -0.386. The van der Waals surface area contributed by atoms with Gasteiger partial charge in [0.2, 0.25) is 0 Å². The molecule has 330 valence electrons. The molecule has 4 heterocycles. The van der Waals surface area contributed by atoms with E-state index in [-0.39, 0.29) is 49.2 Å². The summed E-state index contributed by atoms with van der Waals surface area (Å²) >= 11 is 0. The van der Waals surface area contributed by atoms with Crippen molar-refractivity contribution in [1.82, 2.24) is 18.8 Å². The Kier molecular flexibility index (Phi) is 6.56. The third-order valence-corrected chi connectivity index (χ3v) is 14.6. The summed E-state index contributed by atoms with van der Waals surface area (Å²) in [5, 5.41) is 47.9. The van der Waals surface area contributed by atoms with Crippen LogP contribution in [0.25, 0.3) is 141 Å². The van der Waals surface area contributed by atoms with E-state index in [1.54, 1.807) is 40.8 Å². The van der Waals surface area contributed by atoms with Gasteiger partial charge in [-0.25, -0.2) is 9.97 Å². The molecule has 15 rings (SSSR count). The molecule has 4 aromatic heterocycles. The van der Waals surface area contributed by atoms with E-state index in [0.717, 1.165) is 49.8 Å². The van der Waals surface area contributed by atoms with E-state index in [9.17, 15) is 30.3 Å². The van der Waals surface area contributed by atoms with Gasteiger partial charge in [-0.3, -0.25) is 48.7 Å². The summed E-state index contributed by atoms with van der Waals surface area (Å²) in [5.74, 6) is 0. The Bertz CT molecular complexity index is 5240. The first-order valence-corrected chi connectivity index (χ1v) is 21.7. The van der Waals surface area contributed by atoms with Crippen LogP contribution in [0.5, 0.6) is 0 Å². The topological polar surface area (TPSA) is 276 Å². The van der Waals surface area contributed by atoms with Gasteiger partial charge in [0.25, 0.3) is 28.2 Å². The van der Waals surface area contributed by atoms with Crippen LogP contribution in [0.1, 0.15) is 0 Å². The second-order valence-electron chi connectivity index (χ2n) is 17.9. The molecule has 0 aliphatic heterocycles. The molecule has 18 heteroatoms. The lowest BCUT2D eigenvalue weighted by atomic mass is 9.86. The van der Waals surface area contributed by atoms with E-state index in [1.165, 1.54) is 22.6 Å². The molecule has 0 amide bonds. The number of pyridine rings is 2. The molecule has 0 atom stereocenters. The number of rotatable bonds is 3. The summed E-state index contributed by atoms with van der Waals surface area (Å²) in [6, 6.07) is 29.8. The van der Waals surface area contributed by atoms with Gasteiger partial charge in [-0.1, -0.05) is 30.3 Å².